The highest BCUT2D eigenvalue weighted by molar-refractivity contribution is 6.02. The minimum atomic E-state index is -0.258. The van der Waals surface area contributed by atoms with Gasteiger partial charge in [0.2, 0.25) is 0 Å². The van der Waals surface area contributed by atoms with Gasteiger partial charge < -0.3 is 5.32 Å². The van der Waals surface area contributed by atoms with Gasteiger partial charge in [-0.2, -0.15) is 0 Å². The van der Waals surface area contributed by atoms with Crippen LogP contribution in [0.1, 0.15) is 10.5 Å². The number of nitrogens with zero attached hydrogens (tertiary/aromatic N) is 4. The first-order valence-corrected chi connectivity index (χ1v) is 6.01. The molecule has 0 fully saturated rings. The zero-order valence-electron chi connectivity index (χ0n) is 10.5. The number of hydrogen-bond acceptors (Lipinski definition) is 4. The molecule has 0 aliphatic heterocycles. The molecule has 2 heterocycles. The number of carbonyl (C=O) groups excluding carboxylic acids is 1. The predicted molar refractivity (Wildman–Crippen MR) is 73.5 cm³/mol. The van der Waals surface area contributed by atoms with Crippen molar-refractivity contribution in [3.05, 3.63) is 66.9 Å². The molecule has 1 amide bonds. The van der Waals surface area contributed by atoms with Crippen LogP contribution >= 0.6 is 0 Å². The van der Waals surface area contributed by atoms with E-state index in [1.54, 1.807) is 22.8 Å². The third-order valence-electron chi connectivity index (χ3n) is 2.68. The second-order valence-electron chi connectivity index (χ2n) is 4.07. The Morgan fingerprint density at radius 2 is 1.70 bits per heavy atom. The first-order chi connectivity index (χ1) is 9.83. The summed E-state index contributed by atoms with van der Waals surface area (Å²) in [5, 5.41) is 10.2. The van der Waals surface area contributed by atoms with E-state index in [1.165, 1.54) is 12.7 Å². The molecule has 0 saturated carbocycles. The normalized spacial score (nSPS) is 10.2. The minimum Gasteiger partial charge on any atom is -0.321 e. The number of amides is 1. The van der Waals surface area contributed by atoms with Crippen molar-refractivity contribution >= 4 is 11.6 Å². The van der Waals surface area contributed by atoms with Gasteiger partial charge in [-0.1, -0.05) is 24.3 Å². The number of rotatable bonds is 3. The van der Waals surface area contributed by atoms with Gasteiger partial charge in [0.15, 0.2) is 0 Å². The van der Waals surface area contributed by atoms with Crippen molar-refractivity contribution in [1.29, 1.82) is 0 Å². The van der Waals surface area contributed by atoms with Crippen molar-refractivity contribution in [2.75, 3.05) is 5.32 Å². The lowest BCUT2D eigenvalue weighted by Crippen LogP contribution is -2.14. The largest absolute Gasteiger partial charge is 0.321 e. The number of benzene rings is 1. The van der Waals surface area contributed by atoms with Crippen molar-refractivity contribution in [2.45, 2.75) is 0 Å². The Bertz CT molecular complexity index is 709. The first-order valence-electron chi connectivity index (χ1n) is 6.01. The summed E-state index contributed by atoms with van der Waals surface area (Å²) in [6.07, 6.45) is 3.06. The Kier molecular flexibility index (Phi) is 3.20. The molecule has 0 unspecified atom stereocenters. The molecule has 0 bridgehead atoms. The van der Waals surface area contributed by atoms with Gasteiger partial charge in [0.05, 0.1) is 0 Å². The summed E-state index contributed by atoms with van der Waals surface area (Å²) in [5.41, 5.74) is 1.06. The summed E-state index contributed by atoms with van der Waals surface area (Å²) in [4.78, 5) is 16.4. The molecule has 1 N–H and O–H groups in total. The van der Waals surface area contributed by atoms with Crippen LogP contribution < -0.4 is 5.32 Å². The maximum Gasteiger partial charge on any atom is 0.274 e. The van der Waals surface area contributed by atoms with Crippen molar-refractivity contribution in [3.8, 4) is 5.82 Å². The fourth-order valence-corrected chi connectivity index (χ4v) is 1.73. The quantitative estimate of drug-likeness (QED) is 0.785. The van der Waals surface area contributed by atoms with Gasteiger partial charge in [0.1, 0.15) is 24.2 Å². The molecule has 2 aromatic heterocycles. The standard InChI is InChI=1S/C14H11N5O/c20-14(17-11-5-2-1-3-6-11)12-7-4-8-13(18-12)19-9-15-16-10-19/h1-10H,(H,17,20). The van der Waals surface area contributed by atoms with Gasteiger partial charge in [-0.25, -0.2) is 4.98 Å². The van der Waals surface area contributed by atoms with Crippen molar-refractivity contribution in [2.24, 2.45) is 0 Å². The van der Waals surface area contributed by atoms with E-state index in [4.69, 9.17) is 0 Å². The van der Waals surface area contributed by atoms with Gasteiger partial charge in [-0.15, -0.1) is 10.2 Å². The summed E-state index contributed by atoms with van der Waals surface area (Å²) in [5.74, 6) is 0.335. The average Bonchev–Trinajstić information content (AvgIpc) is 3.03. The van der Waals surface area contributed by atoms with Crippen LogP contribution in [0.15, 0.2) is 61.2 Å². The number of aromatic nitrogens is 4. The lowest BCUT2D eigenvalue weighted by molar-refractivity contribution is 0.102. The van der Waals surface area contributed by atoms with Crippen LogP contribution in [0.2, 0.25) is 0 Å². The molecule has 3 rings (SSSR count). The molecule has 0 atom stereocenters. The number of anilines is 1. The van der Waals surface area contributed by atoms with Crippen molar-refractivity contribution in [3.63, 3.8) is 0 Å². The SMILES string of the molecule is O=C(Nc1ccccc1)c1cccc(-n2cnnc2)n1. The topological polar surface area (TPSA) is 72.7 Å². The Morgan fingerprint density at radius 3 is 2.45 bits per heavy atom. The van der Waals surface area contributed by atoms with E-state index in [0.717, 1.165) is 5.69 Å². The van der Waals surface area contributed by atoms with Crippen LogP contribution in [-0.2, 0) is 0 Å². The predicted octanol–water partition coefficient (Wildman–Crippen LogP) is 1.91. The van der Waals surface area contributed by atoms with Crippen LogP contribution in [-0.4, -0.2) is 25.7 Å². The van der Waals surface area contributed by atoms with E-state index in [0.29, 0.717) is 11.5 Å². The highest BCUT2D eigenvalue weighted by Gasteiger charge is 2.09. The van der Waals surface area contributed by atoms with E-state index in [-0.39, 0.29) is 5.91 Å². The van der Waals surface area contributed by atoms with E-state index >= 15 is 0 Å². The molecule has 20 heavy (non-hydrogen) atoms. The summed E-state index contributed by atoms with van der Waals surface area (Å²) >= 11 is 0. The summed E-state index contributed by atoms with van der Waals surface area (Å²) < 4.78 is 1.64. The van der Waals surface area contributed by atoms with E-state index in [9.17, 15) is 4.79 Å². The second-order valence-corrected chi connectivity index (χ2v) is 4.07. The molecule has 98 valence electrons. The lowest BCUT2D eigenvalue weighted by Gasteiger charge is -2.06. The zero-order chi connectivity index (χ0) is 13.8. The fraction of sp³-hybridized carbons (Fsp3) is 0. The molecular formula is C14H11N5O. The van der Waals surface area contributed by atoms with Gasteiger partial charge >= 0.3 is 0 Å². The summed E-state index contributed by atoms with van der Waals surface area (Å²) in [6, 6.07) is 14.5. The number of para-hydroxylation sites is 1. The number of pyridine rings is 1. The molecule has 0 saturated heterocycles. The van der Waals surface area contributed by atoms with E-state index < -0.39 is 0 Å². The number of nitrogens with one attached hydrogen (secondary N) is 1. The maximum atomic E-state index is 12.1. The first kappa shape index (κ1) is 12.0. The van der Waals surface area contributed by atoms with Crippen LogP contribution in [0.4, 0.5) is 5.69 Å². The average molecular weight is 265 g/mol. The van der Waals surface area contributed by atoms with Crippen LogP contribution in [0, 0.1) is 0 Å². The van der Waals surface area contributed by atoms with Gasteiger partial charge in [-0.3, -0.25) is 9.36 Å². The molecule has 0 spiro atoms. The van der Waals surface area contributed by atoms with E-state index in [1.807, 2.05) is 30.3 Å². The lowest BCUT2D eigenvalue weighted by atomic mass is 10.3. The third kappa shape index (κ3) is 2.54. The van der Waals surface area contributed by atoms with Gasteiger partial charge in [0.25, 0.3) is 5.91 Å². The maximum absolute atomic E-state index is 12.1. The van der Waals surface area contributed by atoms with Crippen molar-refractivity contribution in [1.82, 2.24) is 19.7 Å². The Morgan fingerprint density at radius 1 is 0.950 bits per heavy atom. The Labute approximate surface area is 115 Å². The molecule has 0 aliphatic rings. The minimum absolute atomic E-state index is 0.258. The number of hydrogen-bond donors (Lipinski definition) is 1. The van der Waals surface area contributed by atoms with Crippen LogP contribution in [0.5, 0.6) is 0 Å². The Balaban J connectivity index is 1.84. The smallest absolute Gasteiger partial charge is 0.274 e. The highest BCUT2D eigenvalue weighted by Crippen LogP contribution is 2.09. The zero-order valence-corrected chi connectivity index (χ0v) is 10.5. The third-order valence-corrected chi connectivity index (χ3v) is 2.68. The second kappa shape index (κ2) is 5.31. The molecule has 0 aliphatic carbocycles. The Hall–Kier alpha value is -3.02. The van der Waals surface area contributed by atoms with Crippen molar-refractivity contribution < 1.29 is 4.79 Å². The van der Waals surface area contributed by atoms with Gasteiger partial charge in [-0.05, 0) is 24.3 Å². The summed E-state index contributed by atoms with van der Waals surface area (Å²) in [7, 11) is 0. The highest BCUT2D eigenvalue weighted by atomic mass is 16.1. The molecule has 6 heteroatoms. The molecule has 0 radical (unpaired) electrons. The number of carbonyl (C=O) groups is 1. The van der Waals surface area contributed by atoms with Gasteiger partial charge in [0, 0.05) is 5.69 Å². The fourth-order valence-electron chi connectivity index (χ4n) is 1.73. The van der Waals surface area contributed by atoms with E-state index in [2.05, 4.69) is 20.5 Å². The molecule has 6 nitrogen and oxygen atoms in total. The molecule has 3 aromatic rings. The molecular weight excluding hydrogens is 254 g/mol. The summed E-state index contributed by atoms with van der Waals surface area (Å²) in [6.45, 7) is 0. The van der Waals surface area contributed by atoms with Crippen LogP contribution in [0.25, 0.3) is 5.82 Å². The molecule has 1 aromatic carbocycles. The monoisotopic (exact) mass is 265 g/mol. The van der Waals surface area contributed by atoms with Crippen LogP contribution in [0.3, 0.4) is 0 Å².